The van der Waals surface area contributed by atoms with Crippen LogP contribution in [0.1, 0.15) is 76.4 Å². The number of carboxylic acid groups (broad SMARTS) is 1. The molecule has 3 aromatic rings. The highest BCUT2D eigenvalue weighted by molar-refractivity contribution is 7.93. The fourth-order valence-corrected chi connectivity index (χ4v) is 7.22. The first-order valence-electron chi connectivity index (χ1n) is 16.5. The summed E-state index contributed by atoms with van der Waals surface area (Å²) in [5.74, 6) is 1.31. The van der Waals surface area contributed by atoms with E-state index in [2.05, 4.69) is 11.8 Å². The summed E-state index contributed by atoms with van der Waals surface area (Å²) in [5, 5.41) is 9.67. The van der Waals surface area contributed by atoms with Crippen LogP contribution in [-0.4, -0.2) is 65.2 Å². The molecule has 1 amide bonds. The number of anilines is 2. The molecule has 0 spiro atoms. The minimum absolute atomic E-state index is 0.147. The second kappa shape index (κ2) is 14.5. The Bertz CT molecular complexity index is 1720. The van der Waals surface area contributed by atoms with Gasteiger partial charge in [0.25, 0.3) is 0 Å². The molecule has 1 aliphatic rings. The third-order valence-corrected chi connectivity index (χ3v) is 11.2. The van der Waals surface area contributed by atoms with E-state index in [1.807, 2.05) is 88.4 Å². The molecule has 9 nitrogen and oxygen atoms in total. The van der Waals surface area contributed by atoms with E-state index in [0.717, 1.165) is 21.9 Å². The van der Waals surface area contributed by atoms with Gasteiger partial charge in [-0.05, 0) is 95.6 Å². The van der Waals surface area contributed by atoms with Crippen molar-refractivity contribution in [3.05, 3.63) is 102 Å². The fraction of sp³-hybridized carbons (Fsp3) is 0.447. The first-order valence-corrected chi connectivity index (χ1v) is 18.0. The van der Waals surface area contributed by atoms with E-state index >= 15 is 0 Å². The first kappa shape index (κ1) is 36.7. The zero-order valence-corrected chi connectivity index (χ0v) is 30.2. The molecule has 2 unspecified atom stereocenters. The lowest BCUT2D eigenvalue weighted by atomic mass is 9.86. The molecule has 2 aromatic carbocycles. The molecule has 0 radical (unpaired) electrons. The second-order valence-electron chi connectivity index (χ2n) is 14.5. The quantitative estimate of drug-likeness (QED) is 0.140. The van der Waals surface area contributed by atoms with E-state index in [1.54, 1.807) is 26.0 Å². The van der Waals surface area contributed by atoms with Crippen LogP contribution in [0, 0.1) is 11.8 Å². The summed E-state index contributed by atoms with van der Waals surface area (Å²) in [7, 11) is -2.29. The maximum Gasteiger partial charge on any atom is 0.408 e. The molecule has 0 aliphatic heterocycles. The average Bonchev–Trinajstić information content (AvgIpc) is 3.72. The van der Waals surface area contributed by atoms with Gasteiger partial charge in [-0.25, -0.2) is 18.2 Å². The predicted molar refractivity (Wildman–Crippen MR) is 193 cm³/mol. The minimum Gasteiger partial charge on any atom is -0.465 e. The van der Waals surface area contributed by atoms with E-state index in [4.69, 9.17) is 4.98 Å². The number of benzene rings is 2. The zero-order valence-electron chi connectivity index (χ0n) is 29.4. The molecule has 1 heterocycles. The highest BCUT2D eigenvalue weighted by atomic mass is 32.2. The number of ketones is 1. The zero-order chi connectivity index (χ0) is 35.4. The predicted octanol–water partition coefficient (Wildman–Crippen LogP) is 7.44. The van der Waals surface area contributed by atoms with Crippen molar-refractivity contribution in [2.75, 3.05) is 22.8 Å². The Balaban J connectivity index is 1.82. The van der Waals surface area contributed by atoms with Crippen LogP contribution in [-0.2, 0) is 23.0 Å². The van der Waals surface area contributed by atoms with Crippen molar-refractivity contribution in [1.29, 1.82) is 0 Å². The molecule has 0 saturated heterocycles. The molecule has 3 atom stereocenters. The van der Waals surface area contributed by atoms with Crippen LogP contribution in [0.4, 0.5) is 16.4 Å². The second-order valence-corrected chi connectivity index (χ2v) is 17.0. The Morgan fingerprint density at radius 2 is 1.50 bits per heavy atom. The maximum atomic E-state index is 14.1. The van der Waals surface area contributed by atoms with Crippen LogP contribution < -0.4 is 9.21 Å². The average molecular weight is 675 g/mol. The summed E-state index contributed by atoms with van der Waals surface area (Å²) in [5.41, 5.74) is 0.401. The van der Waals surface area contributed by atoms with Crippen LogP contribution in [0.3, 0.4) is 0 Å². The van der Waals surface area contributed by atoms with E-state index < -0.39 is 32.4 Å². The molecular weight excluding hydrogens is 625 g/mol. The van der Waals surface area contributed by atoms with Gasteiger partial charge in [0.15, 0.2) is 5.78 Å². The molecule has 1 fully saturated rings. The largest absolute Gasteiger partial charge is 0.465 e. The van der Waals surface area contributed by atoms with Crippen LogP contribution in [0.2, 0.25) is 0 Å². The number of hydrogen-bond donors (Lipinski definition) is 1. The highest BCUT2D eigenvalue weighted by Gasteiger charge is 2.41. The Morgan fingerprint density at radius 3 is 2.00 bits per heavy atom. The van der Waals surface area contributed by atoms with Crippen LogP contribution in [0.15, 0.2) is 84.9 Å². The van der Waals surface area contributed by atoms with Crippen molar-refractivity contribution in [1.82, 2.24) is 9.88 Å². The molecule has 1 saturated carbocycles. The molecule has 0 bridgehead atoms. The van der Waals surface area contributed by atoms with Gasteiger partial charge >= 0.3 is 6.09 Å². The van der Waals surface area contributed by atoms with E-state index in [9.17, 15) is 23.1 Å². The number of carbonyl (C=O) groups is 2. The molecule has 10 heteroatoms. The Kier molecular flexibility index (Phi) is 11.1. The first-order chi connectivity index (χ1) is 22.4. The summed E-state index contributed by atoms with van der Waals surface area (Å²) in [6, 6.07) is 22.8. The van der Waals surface area contributed by atoms with Gasteiger partial charge in [-0.3, -0.25) is 14.0 Å². The molecular formula is C38H50N4O5S. The minimum atomic E-state index is -3.75. The summed E-state index contributed by atoms with van der Waals surface area (Å²) in [4.78, 5) is 35.1. The van der Waals surface area contributed by atoms with Gasteiger partial charge in [-0.1, -0.05) is 73.7 Å². The number of rotatable bonds is 14. The standard InChI is InChI=1S/C38H50N4O5S/c1-27(2)48(46,47)40(8)34-22-31(23-35(39-34)41(26-32-21-28(32)3)25-30-17-13-10-14-18-30)33(43)19-20-38(7,24-29-15-11-9-12-16-29)42(36(44)45)37(4,5)6/h9-20,22-23,27-28,32H,21,24-26H2,1-8H3,(H,44,45)/b20-19+/t28?,32?,38-/m0/s1. The summed E-state index contributed by atoms with van der Waals surface area (Å²) >= 11 is 0. The smallest absolute Gasteiger partial charge is 0.408 e. The van der Waals surface area contributed by atoms with Gasteiger partial charge in [0.1, 0.15) is 11.6 Å². The van der Waals surface area contributed by atoms with E-state index in [1.165, 1.54) is 24.1 Å². The molecule has 258 valence electrons. The van der Waals surface area contributed by atoms with Crippen molar-refractivity contribution in [3.63, 3.8) is 0 Å². The summed E-state index contributed by atoms with van der Waals surface area (Å²) < 4.78 is 27.7. The number of nitrogens with zero attached hydrogens (tertiary/aromatic N) is 4. The Hall–Kier alpha value is -4.18. The third-order valence-electron chi connectivity index (χ3n) is 9.03. The third kappa shape index (κ3) is 8.83. The number of amides is 1. The summed E-state index contributed by atoms with van der Waals surface area (Å²) in [6.45, 7) is 14.0. The van der Waals surface area contributed by atoms with Gasteiger partial charge in [-0.2, -0.15) is 0 Å². The molecule has 48 heavy (non-hydrogen) atoms. The van der Waals surface area contributed by atoms with Gasteiger partial charge in [0.2, 0.25) is 10.0 Å². The van der Waals surface area contributed by atoms with Gasteiger partial charge in [0, 0.05) is 31.2 Å². The SMILES string of the molecule is CC1CC1CN(Cc1ccccc1)c1cc(C(=O)/C=C/[C@@](C)(Cc2ccccc2)N(C(=O)O)C(C)(C)C)cc(N(C)S(=O)(=O)C(C)C)n1. The van der Waals surface area contributed by atoms with Gasteiger partial charge in [0.05, 0.1) is 10.8 Å². The van der Waals surface area contributed by atoms with Crippen molar-refractivity contribution in [3.8, 4) is 0 Å². The summed E-state index contributed by atoms with van der Waals surface area (Å²) in [6.07, 6.45) is 3.40. The lowest BCUT2D eigenvalue weighted by molar-refractivity contribution is 0.0462. The number of allylic oxidation sites excluding steroid dienone is 1. The Labute approximate surface area is 286 Å². The molecule has 1 N–H and O–H groups in total. The number of aromatic nitrogens is 1. The van der Waals surface area contributed by atoms with Crippen LogP contribution in [0.25, 0.3) is 0 Å². The number of carbonyl (C=O) groups excluding carboxylic acids is 1. The highest BCUT2D eigenvalue weighted by Crippen LogP contribution is 2.39. The van der Waals surface area contributed by atoms with Crippen LogP contribution >= 0.6 is 0 Å². The van der Waals surface area contributed by atoms with E-state index in [-0.39, 0.29) is 17.2 Å². The fourth-order valence-electron chi connectivity index (χ4n) is 6.24. The van der Waals surface area contributed by atoms with Crippen LogP contribution in [0.5, 0.6) is 0 Å². The topological polar surface area (TPSA) is 111 Å². The van der Waals surface area contributed by atoms with Crippen molar-refractivity contribution >= 4 is 33.5 Å². The van der Waals surface area contributed by atoms with Crippen molar-refractivity contribution in [2.24, 2.45) is 11.8 Å². The molecule has 1 aromatic heterocycles. The monoisotopic (exact) mass is 674 g/mol. The van der Waals surface area contributed by atoms with E-state index in [0.29, 0.717) is 37.2 Å². The normalized spacial score (nSPS) is 17.6. The number of sulfonamides is 1. The van der Waals surface area contributed by atoms with Crippen molar-refractivity contribution < 1.29 is 23.1 Å². The number of pyridine rings is 1. The van der Waals surface area contributed by atoms with Gasteiger partial charge in [-0.15, -0.1) is 0 Å². The molecule has 1 aliphatic carbocycles. The Morgan fingerprint density at radius 1 is 0.958 bits per heavy atom. The maximum absolute atomic E-state index is 14.1. The van der Waals surface area contributed by atoms with Gasteiger partial charge < -0.3 is 10.0 Å². The lowest BCUT2D eigenvalue weighted by Crippen LogP contribution is -2.58. The van der Waals surface area contributed by atoms with Crippen molar-refractivity contribution in [2.45, 2.75) is 84.2 Å². The lowest BCUT2D eigenvalue weighted by Gasteiger charge is -2.46. The molecule has 4 rings (SSSR count). The number of hydrogen-bond acceptors (Lipinski definition) is 6.